The molecule has 0 unspecified atom stereocenters. The minimum atomic E-state index is -3.77. The van der Waals surface area contributed by atoms with Gasteiger partial charge in [-0.2, -0.15) is 4.31 Å². The number of rotatable bonds is 6. The number of aromatic nitrogens is 1. The second-order valence-electron chi connectivity index (χ2n) is 9.79. The van der Waals surface area contributed by atoms with Crippen LogP contribution in [0, 0.1) is 0 Å². The number of thiazole rings is 1. The van der Waals surface area contributed by atoms with Crippen molar-refractivity contribution in [2.45, 2.75) is 16.7 Å². The van der Waals surface area contributed by atoms with Crippen LogP contribution in [-0.2, 0) is 24.6 Å². The number of fused-ring (bicyclic) bond motifs is 1. The van der Waals surface area contributed by atoms with E-state index in [1.807, 2.05) is 0 Å². The lowest BCUT2D eigenvalue weighted by atomic mass is 10.2. The summed E-state index contributed by atoms with van der Waals surface area (Å²) in [5.74, 6) is -0.182. The van der Waals surface area contributed by atoms with Gasteiger partial charge in [0.25, 0.3) is 5.91 Å². The van der Waals surface area contributed by atoms with Gasteiger partial charge in [-0.3, -0.25) is 4.79 Å². The fourth-order valence-corrected chi connectivity index (χ4v) is 7.99. The molecule has 0 saturated carbocycles. The van der Waals surface area contributed by atoms with Crippen LogP contribution < -0.4 is 4.90 Å². The molecule has 2 saturated heterocycles. The molecule has 2 aliphatic heterocycles. The van der Waals surface area contributed by atoms with Gasteiger partial charge in [0.1, 0.15) is 0 Å². The Kier molecular flexibility index (Phi) is 8.23. The molecule has 2 aromatic carbocycles. The van der Waals surface area contributed by atoms with Gasteiger partial charge < -0.3 is 19.4 Å². The third-order valence-electron chi connectivity index (χ3n) is 7.12. The highest BCUT2D eigenvalue weighted by Gasteiger charge is 2.31. The first kappa shape index (κ1) is 29.2. The molecular formula is C26H31N5O7S3. The van der Waals surface area contributed by atoms with Gasteiger partial charge in [-0.15, -0.1) is 0 Å². The lowest BCUT2D eigenvalue weighted by molar-refractivity contribution is 0.0746. The van der Waals surface area contributed by atoms with Crippen LogP contribution in [0.2, 0.25) is 0 Å². The maximum absolute atomic E-state index is 13.2. The molecule has 2 amide bonds. The van der Waals surface area contributed by atoms with Gasteiger partial charge in [0, 0.05) is 64.2 Å². The van der Waals surface area contributed by atoms with Gasteiger partial charge >= 0.3 is 6.09 Å². The van der Waals surface area contributed by atoms with Gasteiger partial charge in [0.2, 0.25) is 10.0 Å². The van der Waals surface area contributed by atoms with Gasteiger partial charge in [0.15, 0.2) is 15.0 Å². The van der Waals surface area contributed by atoms with E-state index in [0.29, 0.717) is 31.7 Å². The van der Waals surface area contributed by atoms with Crippen molar-refractivity contribution in [3.63, 3.8) is 0 Å². The molecule has 0 radical (unpaired) electrons. The number of benzene rings is 2. The van der Waals surface area contributed by atoms with Gasteiger partial charge in [-0.1, -0.05) is 11.3 Å². The Morgan fingerprint density at radius 3 is 2.07 bits per heavy atom. The number of sulfonamides is 1. The molecule has 3 aromatic rings. The molecule has 0 N–H and O–H groups in total. The van der Waals surface area contributed by atoms with E-state index in [2.05, 4.69) is 9.88 Å². The highest BCUT2D eigenvalue weighted by molar-refractivity contribution is 7.90. The summed E-state index contributed by atoms with van der Waals surface area (Å²) in [6, 6.07) is 10.9. The number of nitrogens with zero attached hydrogens (tertiary/aromatic N) is 5. The third-order valence-corrected chi connectivity index (χ3v) is 11.2. The van der Waals surface area contributed by atoms with E-state index < -0.39 is 26.0 Å². The number of carbonyl (C=O) groups is 2. The number of anilines is 1. The topological polar surface area (TPSA) is 138 Å². The van der Waals surface area contributed by atoms with Crippen molar-refractivity contribution in [2.75, 3.05) is 70.1 Å². The van der Waals surface area contributed by atoms with Crippen LogP contribution in [0.5, 0.6) is 0 Å². The zero-order chi connectivity index (χ0) is 29.4. The highest BCUT2D eigenvalue weighted by Crippen LogP contribution is 2.31. The van der Waals surface area contributed by atoms with E-state index in [0.717, 1.165) is 15.3 Å². The fourth-order valence-electron chi connectivity index (χ4n) is 4.79. The first-order chi connectivity index (χ1) is 19.5. The van der Waals surface area contributed by atoms with Crippen LogP contribution in [0.25, 0.3) is 10.2 Å². The Labute approximate surface area is 243 Å². The van der Waals surface area contributed by atoms with E-state index in [-0.39, 0.29) is 48.5 Å². The minimum absolute atomic E-state index is 0.0957. The lowest BCUT2D eigenvalue weighted by Crippen LogP contribution is -2.50. The van der Waals surface area contributed by atoms with Crippen molar-refractivity contribution < 1.29 is 31.2 Å². The molecular weight excluding hydrogens is 591 g/mol. The second-order valence-corrected chi connectivity index (χ2v) is 14.8. The summed E-state index contributed by atoms with van der Waals surface area (Å²) < 4.78 is 57.1. The molecule has 41 heavy (non-hydrogen) atoms. The van der Waals surface area contributed by atoms with Crippen LogP contribution >= 0.6 is 11.3 Å². The Morgan fingerprint density at radius 1 is 0.854 bits per heavy atom. The minimum Gasteiger partial charge on any atom is -0.450 e. The molecule has 0 spiro atoms. The van der Waals surface area contributed by atoms with Crippen LogP contribution in [0.1, 0.15) is 17.3 Å². The molecule has 220 valence electrons. The molecule has 0 atom stereocenters. The Balaban J connectivity index is 1.19. The van der Waals surface area contributed by atoms with Crippen LogP contribution in [0.4, 0.5) is 9.93 Å². The standard InChI is InChI=1S/C26H31N5O7S3/c1-3-38-26(33)30-14-16-31(17-15-30)41(36,37)20-6-4-19(5-7-20)24(32)28-10-12-29(13-11-28)25-27-22-9-8-21(40(2,34)35)18-23(22)39-25/h4-9,18H,3,10-17H2,1-2H3. The first-order valence-corrected chi connectivity index (χ1v) is 17.3. The quantitative estimate of drug-likeness (QED) is 0.405. The molecule has 2 aliphatic rings. The van der Waals surface area contributed by atoms with Crippen LogP contribution in [0.3, 0.4) is 0 Å². The Hall–Kier alpha value is -3.27. The van der Waals surface area contributed by atoms with Gasteiger partial charge in [0.05, 0.1) is 26.6 Å². The summed E-state index contributed by atoms with van der Waals surface area (Å²) in [7, 11) is -7.08. The number of ether oxygens (including phenoxy) is 1. The summed E-state index contributed by atoms with van der Waals surface area (Å²) in [6.07, 6.45) is 0.728. The molecule has 0 aliphatic carbocycles. The van der Waals surface area contributed by atoms with E-state index in [4.69, 9.17) is 4.74 Å². The largest absolute Gasteiger partial charge is 0.450 e. The van der Waals surface area contributed by atoms with Gasteiger partial charge in [-0.25, -0.2) is 26.6 Å². The number of sulfone groups is 1. The maximum Gasteiger partial charge on any atom is 0.409 e. The number of piperazine rings is 2. The number of amides is 2. The molecule has 3 heterocycles. The molecule has 2 fully saturated rings. The van der Waals surface area contributed by atoms with Crippen molar-refractivity contribution in [1.82, 2.24) is 19.1 Å². The highest BCUT2D eigenvalue weighted by atomic mass is 32.2. The molecule has 5 rings (SSSR count). The normalized spacial score (nSPS) is 17.2. The average molecular weight is 622 g/mol. The molecule has 15 heteroatoms. The van der Waals surface area contributed by atoms with Crippen LogP contribution in [-0.4, -0.2) is 113 Å². The van der Waals surface area contributed by atoms with E-state index in [9.17, 15) is 26.4 Å². The molecule has 12 nitrogen and oxygen atoms in total. The summed E-state index contributed by atoms with van der Waals surface area (Å²) in [4.78, 5) is 35.3. The number of hydrogen-bond donors (Lipinski definition) is 0. The zero-order valence-corrected chi connectivity index (χ0v) is 25.2. The maximum atomic E-state index is 13.2. The Morgan fingerprint density at radius 2 is 1.46 bits per heavy atom. The van der Waals surface area contributed by atoms with Crippen molar-refractivity contribution in [2.24, 2.45) is 0 Å². The van der Waals surface area contributed by atoms with Gasteiger partial charge in [-0.05, 0) is 49.4 Å². The van der Waals surface area contributed by atoms with E-state index in [1.165, 1.54) is 51.1 Å². The first-order valence-electron chi connectivity index (χ1n) is 13.1. The zero-order valence-electron chi connectivity index (χ0n) is 22.7. The SMILES string of the molecule is CCOC(=O)N1CCN(S(=O)(=O)c2ccc(C(=O)N3CCN(c4nc5ccc(S(C)(=O)=O)cc5s4)CC3)cc2)CC1. The third kappa shape index (κ3) is 6.17. The number of hydrogen-bond acceptors (Lipinski definition) is 10. The smallest absolute Gasteiger partial charge is 0.409 e. The van der Waals surface area contributed by atoms with Crippen LogP contribution in [0.15, 0.2) is 52.3 Å². The second kappa shape index (κ2) is 11.5. The summed E-state index contributed by atoms with van der Waals surface area (Å²) >= 11 is 1.42. The summed E-state index contributed by atoms with van der Waals surface area (Å²) in [5, 5.41) is 0.774. The lowest BCUT2D eigenvalue weighted by Gasteiger charge is -2.34. The predicted octanol–water partition coefficient (Wildman–Crippen LogP) is 2.12. The molecule has 0 bridgehead atoms. The summed E-state index contributed by atoms with van der Waals surface area (Å²) in [6.45, 7) is 4.87. The summed E-state index contributed by atoms with van der Waals surface area (Å²) in [5.41, 5.74) is 1.13. The van der Waals surface area contributed by atoms with Crippen molar-refractivity contribution in [1.29, 1.82) is 0 Å². The van der Waals surface area contributed by atoms with Crippen molar-refractivity contribution >= 4 is 58.5 Å². The van der Waals surface area contributed by atoms with E-state index >= 15 is 0 Å². The van der Waals surface area contributed by atoms with E-state index in [1.54, 1.807) is 30.0 Å². The van der Waals surface area contributed by atoms with Crippen molar-refractivity contribution in [3.05, 3.63) is 48.0 Å². The average Bonchev–Trinajstić information content (AvgIpc) is 3.40. The monoisotopic (exact) mass is 621 g/mol. The Bertz CT molecular complexity index is 1660. The fraction of sp³-hybridized carbons (Fsp3) is 0.423. The molecule has 1 aromatic heterocycles. The number of carbonyl (C=O) groups excluding carboxylic acids is 2. The predicted molar refractivity (Wildman–Crippen MR) is 155 cm³/mol. The van der Waals surface area contributed by atoms with Crippen molar-refractivity contribution in [3.8, 4) is 0 Å².